The number of aromatic nitrogens is 1. The number of nitrogens with zero attached hydrogens (tertiary/aromatic N) is 2. The van der Waals surface area contributed by atoms with Crippen molar-refractivity contribution in [3.63, 3.8) is 0 Å². The van der Waals surface area contributed by atoms with Crippen molar-refractivity contribution in [2.75, 3.05) is 4.90 Å². The standard InChI is InChI=1S/C30H23Cl2FN2O5/c1-17-13-21(31)6-9-24(17)28(36)25-10-8-23(15-26(25)32)35(27-11-7-22(33)14-18(27)2)30(38)40-19(3)39-29(37)20-5-4-12-34-16-20/h4-16,19H,1-3H3. The fraction of sp³-hybridized carbons (Fsp3) is 0.133. The molecule has 4 aromatic rings. The maximum absolute atomic E-state index is 13.9. The third kappa shape index (κ3) is 6.47. The number of ketones is 1. The van der Waals surface area contributed by atoms with E-state index in [1.165, 1.54) is 61.8 Å². The topological polar surface area (TPSA) is 85.8 Å². The van der Waals surface area contributed by atoms with Gasteiger partial charge in [-0.1, -0.05) is 23.2 Å². The van der Waals surface area contributed by atoms with Crippen LogP contribution >= 0.6 is 23.2 Å². The summed E-state index contributed by atoms with van der Waals surface area (Å²) in [5, 5.41) is 0.574. The lowest BCUT2D eigenvalue weighted by Crippen LogP contribution is -2.32. The van der Waals surface area contributed by atoms with Crippen molar-refractivity contribution in [1.82, 2.24) is 4.98 Å². The molecular weight excluding hydrogens is 558 g/mol. The lowest BCUT2D eigenvalue weighted by Gasteiger charge is -2.26. The number of ether oxygens (including phenoxy) is 2. The first-order valence-corrected chi connectivity index (χ1v) is 12.8. The summed E-state index contributed by atoms with van der Waals surface area (Å²) < 4.78 is 24.5. The maximum Gasteiger partial charge on any atom is 0.422 e. The van der Waals surface area contributed by atoms with E-state index in [4.69, 9.17) is 32.7 Å². The van der Waals surface area contributed by atoms with Gasteiger partial charge in [0.25, 0.3) is 0 Å². The summed E-state index contributed by atoms with van der Waals surface area (Å²) in [4.78, 5) is 44.0. The number of carbonyl (C=O) groups is 3. The highest BCUT2D eigenvalue weighted by Gasteiger charge is 2.26. The number of hydrogen-bond donors (Lipinski definition) is 0. The first-order chi connectivity index (χ1) is 19.0. The van der Waals surface area contributed by atoms with Gasteiger partial charge in [0.1, 0.15) is 5.82 Å². The third-order valence-electron chi connectivity index (χ3n) is 5.91. The molecule has 7 nitrogen and oxygen atoms in total. The Balaban J connectivity index is 1.65. The van der Waals surface area contributed by atoms with Crippen LogP contribution in [-0.4, -0.2) is 29.1 Å². The quantitative estimate of drug-likeness (QED) is 0.126. The number of anilines is 2. The molecule has 40 heavy (non-hydrogen) atoms. The van der Waals surface area contributed by atoms with Gasteiger partial charge in [-0.25, -0.2) is 18.9 Å². The van der Waals surface area contributed by atoms with E-state index < -0.39 is 24.2 Å². The number of benzene rings is 3. The van der Waals surface area contributed by atoms with Gasteiger partial charge in [-0.3, -0.25) is 9.78 Å². The molecular formula is C30H23Cl2FN2O5. The molecule has 0 radical (unpaired) electrons. The van der Waals surface area contributed by atoms with Crippen LogP contribution in [0.3, 0.4) is 0 Å². The fourth-order valence-corrected chi connectivity index (χ4v) is 4.48. The number of esters is 1. The molecule has 4 rings (SSSR count). The summed E-state index contributed by atoms with van der Waals surface area (Å²) in [6.07, 6.45) is 0.614. The van der Waals surface area contributed by atoms with Crippen LogP contribution in [0, 0.1) is 19.7 Å². The first-order valence-electron chi connectivity index (χ1n) is 12.0. The van der Waals surface area contributed by atoms with E-state index in [1.807, 2.05) is 0 Å². The van der Waals surface area contributed by atoms with Crippen molar-refractivity contribution in [2.24, 2.45) is 0 Å². The molecule has 0 saturated heterocycles. The molecule has 1 atom stereocenters. The van der Waals surface area contributed by atoms with Gasteiger partial charge in [-0.05, 0) is 91.7 Å². The SMILES string of the molecule is Cc1cc(Cl)ccc1C(=O)c1ccc(N(C(=O)OC(C)OC(=O)c2cccnc2)c2ccc(F)cc2C)cc1Cl. The molecule has 204 valence electrons. The second-order valence-corrected chi connectivity index (χ2v) is 9.66. The van der Waals surface area contributed by atoms with Crippen LogP contribution in [0.5, 0.6) is 0 Å². The predicted octanol–water partition coefficient (Wildman–Crippen LogP) is 7.85. The Morgan fingerprint density at radius 1 is 0.900 bits per heavy atom. The Kier molecular flexibility index (Phi) is 8.82. The van der Waals surface area contributed by atoms with E-state index in [1.54, 1.807) is 38.1 Å². The number of pyridine rings is 1. The van der Waals surface area contributed by atoms with E-state index in [9.17, 15) is 18.8 Å². The molecule has 1 heterocycles. The van der Waals surface area contributed by atoms with Crippen LogP contribution in [0.2, 0.25) is 10.0 Å². The molecule has 0 fully saturated rings. The molecule has 10 heteroatoms. The van der Waals surface area contributed by atoms with Gasteiger partial charge in [0.15, 0.2) is 5.78 Å². The van der Waals surface area contributed by atoms with Gasteiger partial charge >= 0.3 is 12.1 Å². The summed E-state index contributed by atoms with van der Waals surface area (Å²) in [5.74, 6) is -1.55. The Morgan fingerprint density at radius 2 is 1.65 bits per heavy atom. The summed E-state index contributed by atoms with van der Waals surface area (Å²) in [7, 11) is 0. The van der Waals surface area contributed by atoms with Crippen LogP contribution in [0.15, 0.2) is 79.1 Å². The normalized spacial score (nSPS) is 11.4. The molecule has 0 aliphatic heterocycles. The van der Waals surface area contributed by atoms with E-state index in [0.717, 1.165) is 4.90 Å². The van der Waals surface area contributed by atoms with Gasteiger partial charge < -0.3 is 9.47 Å². The Morgan fingerprint density at radius 3 is 2.30 bits per heavy atom. The molecule has 3 aromatic carbocycles. The smallest absolute Gasteiger partial charge is 0.422 e. The number of rotatable bonds is 7. The molecule has 0 spiro atoms. The number of halogens is 3. The van der Waals surface area contributed by atoms with E-state index >= 15 is 0 Å². The van der Waals surface area contributed by atoms with Crippen molar-refractivity contribution in [3.8, 4) is 0 Å². The average molecular weight is 581 g/mol. The van der Waals surface area contributed by atoms with Crippen LogP contribution in [-0.2, 0) is 9.47 Å². The highest BCUT2D eigenvalue weighted by molar-refractivity contribution is 6.35. The molecule has 1 amide bonds. The number of aryl methyl sites for hydroxylation is 2. The molecule has 0 saturated carbocycles. The minimum atomic E-state index is -1.28. The summed E-state index contributed by atoms with van der Waals surface area (Å²) in [6.45, 7) is 4.76. The second-order valence-electron chi connectivity index (χ2n) is 8.82. The van der Waals surface area contributed by atoms with Crippen LogP contribution in [0.4, 0.5) is 20.6 Å². The van der Waals surface area contributed by atoms with Crippen LogP contribution in [0.1, 0.15) is 44.3 Å². The second kappa shape index (κ2) is 12.3. The highest BCUT2D eigenvalue weighted by Crippen LogP contribution is 2.34. The highest BCUT2D eigenvalue weighted by atomic mass is 35.5. The summed E-state index contributed by atoms with van der Waals surface area (Å²) >= 11 is 12.6. The van der Waals surface area contributed by atoms with Crippen molar-refractivity contribution in [3.05, 3.63) is 123 Å². The van der Waals surface area contributed by atoms with Crippen molar-refractivity contribution >= 4 is 52.4 Å². The average Bonchev–Trinajstić information content (AvgIpc) is 2.90. The van der Waals surface area contributed by atoms with Crippen LogP contribution in [0.25, 0.3) is 0 Å². The fourth-order valence-electron chi connectivity index (χ4n) is 3.99. The summed E-state index contributed by atoms with van der Waals surface area (Å²) in [6, 6.07) is 16.3. The third-order valence-corrected chi connectivity index (χ3v) is 6.46. The van der Waals surface area contributed by atoms with Gasteiger partial charge in [0, 0.05) is 35.5 Å². The molecule has 0 aliphatic carbocycles. The Labute approximate surface area is 240 Å². The van der Waals surface area contributed by atoms with Gasteiger partial charge in [0.2, 0.25) is 6.29 Å². The molecule has 0 N–H and O–H groups in total. The predicted molar refractivity (Wildman–Crippen MR) is 150 cm³/mol. The van der Waals surface area contributed by atoms with Gasteiger partial charge in [-0.2, -0.15) is 0 Å². The lowest BCUT2D eigenvalue weighted by atomic mass is 9.98. The Bertz CT molecular complexity index is 1600. The first kappa shape index (κ1) is 28.7. The van der Waals surface area contributed by atoms with Crippen molar-refractivity contribution in [1.29, 1.82) is 0 Å². The summed E-state index contributed by atoms with van der Waals surface area (Å²) in [5.41, 5.74) is 2.44. The molecule has 1 unspecified atom stereocenters. The van der Waals surface area contributed by atoms with E-state index in [2.05, 4.69) is 4.98 Å². The zero-order chi connectivity index (χ0) is 29.0. The molecule has 0 aliphatic rings. The minimum absolute atomic E-state index is 0.0745. The largest absolute Gasteiger partial charge is 0.422 e. The van der Waals surface area contributed by atoms with Gasteiger partial charge in [0.05, 0.1) is 22.0 Å². The van der Waals surface area contributed by atoms with Crippen molar-refractivity contribution in [2.45, 2.75) is 27.1 Å². The maximum atomic E-state index is 13.9. The number of amides is 1. The zero-order valence-electron chi connectivity index (χ0n) is 21.7. The van der Waals surface area contributed by atoms with E-state index in [-0.39, 0.29) is 27.6 Å². The Hall–Kier alpha value is -4.27. The van der Waals surface area contributed by atoms with Crippen LogP contribution < -0.4 is 4.90 Å². The van der Waals surface area contributed by atoms with Crippen molar-refractivity contribution < 1.29 is 28.2 Å². The monoisotopic (exact) mass is 580 g/mol. The number of hydrogen-bond acceptors (Lipinski definition) is 6. The number of carbonyl (C=O) groups excluding carboxylic acids is 3. The molecule has 0 bridgehead atoms. The van der Waals surface area contributed by atoms with Gasteiger partial charge in [-0.15, -0.1) is 0 Å². The zero-order valence-corrected chi connectivity index (χ0v) is 23.2. The lowest BCUT2D eigenvalue weighted by molar-refractivity contribution is -0.0576. The minimum Gasteiger partial charge on any atom is -0.422 e. The molecule has 1 aromatic heterocycles. The van der Waals surface area contributed by atoms with E-state index in [0.29, 0.717) is 27.4 Å².